The standard InChI is InChI=1S/C14H27N3O3/c1-12(19)15-7-8-16-14(20)11-17(9-10-18)13-5-3-2-4-6-13/h13,18H,2-11H2,1H3,(H,15,19)(H,16,20). The van der Waals surface area contributed by atoms with Crippen LogP contribution in [0.1, 0.15) is 39.0 Å². The Labute approximate surface area is 120 Å². The lowest BCUT2D eigenvalue weighted by Crippen LogP contribution is -2.46. The van der Waals surface area contributed by atoms with Crippen molar-refractivity contribution in [3.8, 4) is 0 Å². The van der Waals surface area contributed by atoms with E-state index < -0.39 is 0 Å². The van der Waals surface area contributed by atoms with Gasteiger partial charge in [-0.2, -0.15) is 0 Å². The number of aliphatic hydroxyl groups excluding tert-OH is 1. The molecule has 0 aromatic heterocycles. The average Bonchev–Trinajstić information content (AvgIpc) is 2.44. The van der Waals surface area contributed by atoms with Crippen LogP contribution in [0.2, 0.25) is 0 Å². The molecular formula is C14H27N3O3. The van der Waals surface area contributed by atoms with Crippen LogP contribution in [0, 0.1) is 0 Å². The smallest absolute Gasteiger partial charge is 0.234 e. The Morgan fingerprint density at radius 2 is 1.80 bits per heavy atom. The molecule has 20 heavy (non-hydrogen) atoms. The van der Waals surface area contributed by atoms with E-state index in [0.29, 0.717) is 32.2 Å². The Morgan fingerprint density at radius 3 is 2.40 bits per heavy atom. The van der Waals surface area contributed by atoms with Crippen LogP contribution in [0.4, 0.5) is 0 Å². The highest BCUT2D eigenvalue weighted by Crippen LogP contribution is 2.22. The Bertz CT molecular complexity index is 304. The van der Waals surface area contributed by atoms with E-state index in [1.807, 2.05) is 0 Å². The lowest BCUT2D eigenvalue weighted by atomic mass is 9.94. The average molecular weight is 285 g/mol. The first-order chi connectivity index (χ1) is 9.63. The number of hydrogen-bond donors (Lipinski definition) is 3. The molecule has 3 N–H and O–H groups in total. The molecule has 0 saturated heterocycles. The van der Waals surface area contributed by atoms with Crippen LogP contribution in [-0.2, 0) is 9.59 Å². The largest absolute Gasteiger partial charge is 0.395 e. The van der Waals surface area contributed by atoms with E-state index in [1.165, 1.54) is 26.2 Å². The minimum Gasteiger partial charge on any atom is -0.395 e. The Hall–Kier alpha value is -1.14. The van der Waals surface area contributed by atoms with Crippen molar-refractivity contribution in [1.82, 2.24) is 15.5 Å². The predicted octanol–water partition coefficient (Wildman–Crippen LogP) is -0.134. The summed E-state index contributed by atoms with van der Waals surface area (Å²) in [5, 5.41) is 14.6. The van der Waals surface area contributed by atoms with Gasteiger partial charge < -0.3 is 15.7 Å². The molecule has 6 heteroatoms. The summed E-state index contributed by atoms with van der Waals surface area (Å²) >= 11 is 0. The monoisotopic (exact) mass is 285 g/mol. The Kier molecular flexibility index (Phi) is 8.22. The summed E-state index contributed by atoms with van der Waals surface area (Å²) in [6, 6.07) is 0.414. The number of hydrogen-bond acceptors (Lipinski definition) is 4. The summed E-state index contributed by atoms with van der Waals surface area (Å²) in [5.41, 5.74) is 0. The molecule has 1 aliphatic rings. The number of amides is 2. The van der Waals surface area contributed by atoms with Crippen LogP contribution in [0.25, 0.3) is 0 Å². The van der Waals surface area contributed by atoms with Gasteiger partial charge in [0.25, 0.3) is 0 Å². The van der Waals surface area contributed by atoms with E-state index in [1.54, 1.807) is 0 Å². The lowest BCUT2D eigenvalue weighted by molar-refractivity contribution is -0.123. The molecule has 1 fully saturated rings. The van der Waals surface area contributed by atoms with Gasteiger partial charge in [0.1, 0.15) is 0 Å². The molecule has 2 amide bonds. The zero-order valence-corrected chi connectivity index (χ0v) is 12.4. The van der Waals surface area contributed by atoms with Crippen molar-refractivity contribution >= 4 is 11.8 Å². The maximum absolute atomic E-state index is 11.9. The molecule has 116 valence electrons. The number of nitrogens with zero attached hydrogens (tertiary/aromatic N) is 1. The summed E-state index contributed by atoms with van der Waals surface area (Å²) in [6.45, 7) is 3.29. The highest BCUT2D eigenvalue weighted by Gasteiger charge is 2.22. The van der Waals surface area contributed by atoms with Crippen molar-refractivity contribution in [2.45, 2.75) is 45.1 Å². The van der Waals surface area contributed by atoms with Gasteiger partial charge in [0, 0.05) is 32.6 Å². The minimum absolute atomic E-state index is 0.0469. The van der Waals surface area contributed by atoms with E-state index in [0.717, 1.165) is 12.8 Å². The van der Waals surface area contributed by atoms with Gasteiger partial charge in [0.15, 0.2) is 0 Å². The summed E-state index contributed by atoms with van der Waals surface area (Å²) < 4.78 is 0. The van der Waals surface area contributed by atoms with Crippen molar-refractivity contribution in [2.24, 2.45) is 0 Å². The van der Waals surface area contributed by atoms with Crippen LogP contribution < -0.4 is 10.6 Å². The van der Waals surface area contributed by atoms with Crippen molar-refractivity contribution < 1.29 is 14.7 Å². The van der Waals surface area contributed by atoms with Crippen LogP contribution in [0.5, 0.6) is 0 Å². The van der Waals surface area contributed by atoms with Gasteiger partial charge in [0.05, 0.1) is 13.2 Å². The van der Waals surface area contributed by atoms with Gasteiger partial charge in [-0.1, -0.05) is 19.3 Å². The first-order valence-electron chi connectivity index (χ1n) is 7.49. The fourth-order valence-corrected chi connectivity index (χ4v) is 2.65. The summed E-state index contributed by atoms with van der Waals surface area (Å²) in [4.78, 5) is 24.6. The normalized spacial score (nSPS) is 16.1. The van der Waals surface area contributed by atoms with Gasteiger partial charge in [-0.25, -0.2) is 0 Å². The zero-order valence-electron chi connectivity index (χ0n) is 12.4. The van der Waals surface area contributed by atoms with Crippen molar-refractivity contribution in [1.29, 1.82) is 0 Å². The number of aliphatic hydroxyl groups is 1. The van der Waals surface area contributed by atoms with E-state index in [2.05, 4.69) is 15.5 Å². The molecule has 1 rings (SSSR count). The first-order valence-corrected chi connectivity index (χ1v) is 7.49. The molecule has 0 atom stereocenters. The predicted molar refractivity (Wildman–Crippen MR) is 77.2 cm³/mol. The molecule has 0 aliphatic heterocycles. The fraction of sp³-hybridized carbons (Fsp3) is 0.857. The number of rotatable bonds is 8. The highest BCUT2D eigenvalue weighted by molar-refractivity contribution is 5.78. The molecule has 0 aromatic carbocycles. The maximum Gasteiger partial charge on any atom is 0.234 e. The van der Waals surface area contributed by atoms with Gasteiger partial charge in [-0.3, -0.25) is 14.5 Å². The minimum atomic E-state index is -0.0941. The quantitative estimate of drug-likeness (QED) is 0.542. The molecular weight excluding hydrogens is 258 g/mol. The number of carbonyl (C=O) groups excluding carboxylic acids is 2. The second-order valence-electron chi connectivity index (χ2n) is 5.32. The van der Waals surface area contributed by atoms with Crippen LogP contribution in [0.3, 0.4) is 0 Å². The summed E-state index contributed by atoms with van der Waals surface area (Å²) in [5.74, 6) is -0.141. The van der Waals surface area contributed by atoms with Gasteiger partial charge >= 0.3 is 0 Å². The Balaban J connectivity index is 2.28. The molecule has 0 bridgehead atoms. The molecule has 0 radical (unpaired) electrons. The second-order valence-corrected chi connectivity index (χ2v) is 5.32. The lowest BCUT2D eigenvalue weighted by Gasteiger charge is -2.33. The summed E-state index contributed by atoms with van der Waals surface area (Å²) in [6.07, 6.45) is 5.90. The molecule has 6 nitrogen and oxygen atoms in total. The van der Waals surface area contributed by atoms with E-state index in [9.17, 15) is 9.59 Å². The molecule has 1 aliphatic carbocycles. The third-order valence-electron chi connectivity index (χ3n) is 3.65. The molecule has 1 saturated carbocycles. The van der Waals surface area contributed by atoms with Gasteiger partial charge in [-0.05, 0) is 12.8 Å². The third-order valence-corrected chi connectivity index (χ3v) is 3.65. The Morgan fingerprint density at radius 1 is 1.15 bits per heavy atom. The van der Waals surface area contributed by atoms with Crippen molar-refractivity contribution in [3.63, 3.8) is 0 Å². The SMILES string of the molecule is CC(=O)NCCNC(=O)CN(CCO)C1CCCCC1. The molecule has 0 heterocycles. The van der Waals surface area contributed by atoms with Crippen molar-refractivity contribution in [3.05, 3.63) is 0 Å². The van der Waals surface area contributed by atoms with E-state index in [4.69, 9.17) is 5.11 Å². The maximum atomic E-state index is 11.9. The molecule has 0 unspecified atom stereocenters. The topological polar surface area (TPSA) is 81.7 Å². The van der Waals surface area contributed by atoms with E-state index >= 15 is 0 Å². The van der Waals surface area contributed by atoms with Crippen LogP contribution in [0.15, 0.2) is 0 Å². The highest BCUT2D eigenvalue weighted by atomic mass is 16.3. The fourth-order valence-electron chi connectivity index (χ4n) is 2.65. The third kappa shape index (κ3) is 6.86. The number of carbonyl (C=O) groups is 2. The molecule has 0 spiro atoms. The van der Waals surface area contributed by atoms with Crippen molar-refractivity contribution in [2.75, 3.05) is 32.8 Å². The van der Waals surface area contributed by atoms with Crippen LogP contribution >= 0.6 is 0 Å². The summed E-state index contributed by atoms with van der Waals surface area (Å²) in [7, 11) is 0. The molecule has 0 aromatic rings. The second kappa shape index (κ2) is 9.72. The van der Waals surface area contributed by atoms with E-state index in [-0.39, 0.29) is 18.4 Å². The number of nitrogens with one attached hydrogen (secondary N) is 2. The first kappa shape index (κ1) is 16.9. The zero-order chi connectivity index (χ0) is 14.8. The van der Waals surface area contributed by atoms with Gasteiger partial charge in [-0.15, -0.1) is 0 Å². The van der Waals surface area contributed by atoms with Crippen LogP contribution in [-0.4, -0.2) is 60.6 Å². The van der Waals surface area contributed by atoms with Gasteiger partial charge in [0.2, 0.25) is 11.8 Å².